The summed E-state index contributed by atoms with van der Waals surface area (Å²) >= 11 is 0. The minimum Gasteiger partial charge on any atom is -0.481 e. The van der Waals surface area contributed by atoms with Crippen LogP contribution < -0.4 is 0 Å². The van der Waals surface area contributed by atoms with E-state index in [9.17, 15) is 4.79 Å². The molecule has 0 saturated carbocycles. The number of rotatable bonds is 2. The molecule has 4 heteroatoms. The van der Waals surface area contributed by atoms with E-state index in [-0.39, 0.29) is 6.42 Å². The van der Waals surface area contributed by atoms with Crippen LogP contribution in [-0.4, -0.2) is 21.0 Å². The van der Waals surface area contributed by atoms with Crippen molar-refractivity contribution in [3.8, 4) is 0 Å². The van der Waals surface area contributed by atoms with E-state index in [4.69, 9.17) is 5.11 Å². The summed E-state index contributed by atoms with van der Waals surface area (Å²) in [6.07, 6.45) is -0.109. The van der Waals surface area contributed by atoms with Crippen LogP contribution in [-0.2, 0) is 11.2 Å². The number of carbonyl (C=O) groups is 1. The summed E-state index contributed by atoms with van der Waals surface area (Å²) in [7, 11) is 0. The van der Waals surface area contributed by atoms with E-state index in [1.54, 1.807) is 0 Å². The third kappa shape index (κ3) is 2.24. The molecule has 1 aromatic rings. The second-order valence-corrected chi connectivity index (χ2v) is 3.01. The van der Waals surface area contributed by atoms with Gasteiger partial charge in [0.05, 0.1) is 0 Å². The fraction of sp³-hybridized carbons (Fsp3) is 0.444. The fourth-order valence-corrected chi connectivity index (χ4v) is 1.06. The molecule has 0 bridgehead atoms. The first-order valence-electron chi connectivity index (χ1n) is 4.03. The average Bonchev–Trinajstić information content (AvgIpc) is 1.98. The number of carboxylic acids is 1. The number of aryl methyl sites for hydroxylation is 2. The van der Waals surface area contributed by atoms with Crippen molar-refractivity contribution < 1.29 is 9.90 Å². The lowest BCUT2D eigenvalue weighted by atomic mass is 10.2. The third-order valence-electron chi connectivity index (χ3n) is 1.99. The van der Waals surface area contributed by atoms with E-state index < -0.39 is 5.97 Å². The highest BCUT2D eigenvalue weighted by molar-refractivity contribution is 5.69. The van der Waals surface area contributed by atoms with Gasteiger partial charge in [-0.25, -0.2) is 9.97 Å². The van der Waals surface area contributed by atoms with E-state index in [1.165, 1.54) is 0 Å². The lowest BCUT2D eigenvalue weighted by Crippen LogP contribution is -2.08. The molecule has 0 unspecified atom stereocenters. The van der Waals surface area contributed by atoms with Crippen LogP contribution in [0.15, 0.2) is 0 Å². The standard InChI is InChI=1S/C9H12N2O2/c1-5-6(2)10-8(4-9(12)13)11-7(5)3/h4H2,1-3H3,(H,12,13). The molecule has 1 aromatic heterocycles. The smallest absolute Gasteiger partial charge is 0.311 e. The van der Waals surface area contributed by atoms with Crippen LogP contribution in [0.5, 0.6) is 0 Å². The quantitative estimate of drug-likeness (QED) is 0.738. The SMILES string of the molecule is Cc1nc(CC(=O)O)nc(C)c1C. The molecule has 4 nitrogen and oxygen atoms in total. The van der Waals surface area contributed by atoms with Crippen LogP contribution in [0.4, 0.5) is 0 Å². The van der Waals surface area contributed by atoms with Gasteiger partial charge in [-0.3, -0.25) is 4.79 Å². The topological polar surface area (TPSA) is 63.1 Å². The summed E-state index contributed by atoms with van der Waals surface area (Å²) in [6, 6.07) is 0. The van der Waals surface area contributed by atoms with Crippen LogP contribution >= 0.6 is 0 Å². The number of aromatic nitrogens is 2. The lowest BCUT2D eigenvalue weighted by molar-refractivity contribution is -0.136. The molecule has 0 atom stereocenters. The van der Waals surface area contributed by atoms with Crippen molar-refractivity contribution in [3.63, 3.8) is 0 Å². The summed E-state index contributed by atoms with van der Waals surface area (Å²) in [4.78, 5) is 18.6. The number of hydrogen-bond acceptors (Lipinski definition) is 3. The molecule has 0 aromatic carbocycles. The van der Waals surface area contributed by atoms with Crippen LogP contribution in [0.3, 0.4) is 0 Å². The molecule has 0 fully saturated rings. The second kappa shape index (κ2) is 3.51. The number of nitrogens with zero attached hydrogens (tertiary/aromatic N) is 2. The van der Waals surface area contributed by atoms with Gasteiger partial charge in [-0.2, -0.15) is 0 Å². The average molecular weight is 180 g/mol. The summed E-state index contributed by atoms with van der Waals surface area (Å²) in [5.74, 6) is -0.518. The molecule has 0 aliphatic heterocycles. The van der Waals surface area contributed by atoms with Crippen LogP contribution in [0, 0.1) is 20.8 Å². The van der Waals surface area contributed by atoms with Gasteiger partial charge in [0.1, 0.15) is 12.2 Å². The van der Waals surface area contributed by atoms with Crippen molar-refractivity contribution in [2.24, 2.45) is 0 Å². The molecule has 70 valence electrons. The molecule has 0 radical (unpaired) electrons. The molecule has 0 amide bonds. The maximum atomic E-state index is 10.4. The summed E-state index contributed by atoms with van der Waals surface area (Å²) in [5, 5.41) is 8.54. The summed E-state index contributed by atoms with van der Waals surface area (Å²) in [6.45, 7) is 5.64. The van der Waals surface area contributed by atoms with E-state index in [1.807, 2.05) is 20.8 Å². The van der Waals surface area contributed by atoms with Crippen molar-refractivity contribution in [1.82, 2.24) is 9.97 Å². The van der Waals surface area contributed by atoms with E-state index in [0.29, 0.717) is 5.82 Å². The van der Waals surface area contributed by atoms with Crippen molar-refractivity contribution in [2.75, 3.05) is 0 Å². The fourth-order valence-electron chi connectivity index (χ4n) is 1.06. The van der Waals surface area contributed by atoms with Crippen molar-refractivity contribution in [3.05, 3.63) is 22.8 Å². The first-order valence-corrected chi connectivity index (χ1v) is 4.03. The van der Waals surface area contributed by atoms with Gasteiger partial charge in [0.15, 0.2) is 0 Å². The molecular weight excluding hydrogens is 168 g/mol. The zero-order chi connectivity index (χ0) is 10.0. The number of hydrogen-bond donors (Lipinski definition) is 1. The minimum atomic E-state index is -0.900. The molecule has 0 aliphatic rings. The van der Waals surface area contributed by atoms with Crippen LogP contribution in [0.25, 0.3) is 0 Å². The Morgan fingerprint density at radius 1 is 1.23 bits per heavy atom. The third-order valence-corrected chi connectivity index (χ3v) is 1.99. The van der Waals surface area contributed by atoms with Gasteiger partial charge in [-0.05, 0) is 26.3 Å². The van der Waals surface area contributed by atoms with Crippen LogP contribution in [0.2, 0.25) is 0 Å². The van der Waals surface area contributed by atoms with Gasteiger partial charge in [-0.15, -0.1) is 0 Å². The second-order valence-electron chi connectivity index (χ2n) is 3.01. The molecular formula is C9H12N2O2. The molecule has 1 N–H and O–H groups in total. The van der Waals surface area contributed by atoms with Crippen molar-refractivity contribution in [2.45, 2.75) is 27.2 Å². The molecule has 0 aliphatic carbocycles. The lowest BCUT2D eigenvalue weighted by Gasteiger charge is -2.04. The first-order chi connectivity index (χ1) is 6.00. The Morgan fingerprint density at radius 2 is 1.69 bits per heavy atom. The molecule has 1 rings (SSSR count). The molecule has 1 heterocycles. The van der Waals surface area contributed by atoms with Gasteiger partial charge < -0.3 is 5.11 Å². The van der Waals surface area contributed by atoms with Crippen LogP contribution in [0.1, 0.15) is 22.8 Å². The Hall–Kier alpha value is -1.45. The zero-order valence-electron chi connectivity index (χ0n) is 7.96. The molecule has 0 spiro atoms. The van der Waals surface area contributed by atoms with Crippen molar-refractivity contribution >= 4 is 5.97 Å². The Labute approximate surface area is 76.7 Å². The number of carboxylic acid groups (broad SMARTS) is 1. The van der Waals surface area contributed by atoms with E-state index >= 15 is 0 Å². The Morgan fingerprint density at radius 3 is 2.08 bits per heavy atom. The van der Waals surface area contributed by atoms with E-state index in [0.717, 1.165) is 17.0 Å². The maximum Gasteiger partial charge on any atom is 0.311 e. The highest BCUT2D eigenvalue weighted by atomic mass is 16.4. The highest BCUT2D eigenvalue weighted by Gasteiger charge is 2.07. The summed E-state index contributed by atoms with van der Waals surface area (Å²) < 4.78 is 0. The monoisotopic (exact) mass is 180 g/mol. The Balaban J connectivity index is 3.06. The molecule has 0 saturated heterocycles. The van der Waals surface area contributed by atoms with Gasteiger partial charge in [0.2, 0.25) is 0 Å². The Bertz CT molecular complexity index is 324. The number of aliphatic carboxylic acids is 1. The van der Waals surface area contributed by atoms with Gasteiger partial charge in [-0.1, -0.05) is 0 Å². The zero-order valence-corrected chi connectivity index (χ0v) is 7.96. The summed E-state index contributed by atoms with van der Waals surface area (Å²) in [5.41, 5.74) is 2.72. The first kappa shape index (κ1) is 9.64. The highest BCUT2D eigenvalue weighted by Crippen LogP contribution is 2.08. The van der Waals surface area contributed by atoms with E-state index in [2.05, 4.69) is 9.97 Å². The van der Waals surface area contributed by atoms with Gasteiger partial charge >= 0.3 is 5.97 Å². The predicted octanol–water partition coefficient (Wildman–Crippen LogP) is 1.03. The maximum absolute atomic E-state index is 10.4. The Kier molecular flexibility index (Phi) is 2.60. The van der Waals surface area contributed by atoms with Crippen molar-refractivity contribution in [1.29, 1.82) is 0 Å². The predicted molar refractivity (Wildman–Crippen MR) is 47.6 cm³/mol. The van der Waals surface area contributed by atoms with Gasteiger partial charge in [0, 0.05) is 11.4 Å². The van der Waals surface area contributed by atoms with Gasteiger partial charge in [0.25, 0.3) is 0 Å². The normalized spacial score (nSPS) is 10.1. The largest absolute Gasteiger partial charge is 0.481 e. The molecule has 13 heavy (non-hydrogen) atoms. The minimum absolute atomic E-state index is 0.109.